The molecule has 2 rings (SSSR count). The second kappa shape index (κ2) is 6.68. The van der Waals surface area contributed by atoms with Crippen molar-refractivity contribution in [1.29, 1.82) is 0 Å². The van der Waals surface area contributed by atoms with E-state index in [0.29, 0.717) is 23.0 Å². The number of nitro groups is 1. The summed E-state index contributed by atoms with van der Waals surface area (Å²) in [6, 6.07) is 2.65. The first-order valence-electron chi connectivity index (χ1n) is 5.95. The zero-order valence-electron chi connectivity index (χ0n) is 10.9. The fraction of sp³-hybridized carbons (Fsp3) is 0.364. The Hall–Kier alpha value is -1.94. The summed E-state index contributed by atoms with van der Waals surface area (Å²) >= 11 is 5.21. The first-order valence-corrected chi connectivity index (χ1v) is 7.29. The van der Waals surface area contributed by atoms with Gasteiger partial charge in [0.25, 0.3) is 0 Å². The monoisotopic (exact) mass is 329 g/mol. The molecular formula is C11H11N3O5S2. The highest BCUT2D eigenvalue weighted by atomic mass is 32.1. The maximum absolute atomic E-state index is 11.7. The average molecular weight is 329 g/mol. The van der Waals surface area contributed by atoms with Gasteiger partial charge in [-0.25, -0.2) is 0 Å². The predicted molar refractivity (Wildman–Crippen MR) is 77.2 cm³/mol. The molecule has 0 aromatic carbocycles. The predicted octanol–water partition coefficient (Wildman–Crippen LogP) is 2.63. The molecule has 0 fully saturated rings. The quantitative estimate of drug-likeness (QED) is 0.375. The van der Waals surface area contributed by atoms with Crippen LogP contribution in [0, 0.1) is 10.1 Å². The molecule has 0 aliphatic rings. The Morgan fingerprint density at radius 1 is 1.57 bits per heavy atom. The van der Waals surface area contributed by atoms with Crippen molar-refractivity contribution in [2.75, 3.05) is 6.61 Å². The topological polar surface area (TPSA) is 108 Å². The van der Waals surface area contributed by atoms with Gasteiger partial charge in [0.05, 0.1) is 12.7 Å². The van der Waals surface area contributed by atoms with Crippen LogP contribution in [0.3, 0.4) is 0 Å². The lowest BCUT2D eigenvalue weighted by Crippen LogP contribution is -2.11. The minimum Gasteiger partial charge on any atom is -0.465 e. The number of furan rings is 1. The van der Waals surface area contributed by atoms with E-state index in [1.54, 1.807) is 0 Å². The van der Waals surface area contributed by atoms with Crippen LogP contribution >= 0.6 is 24.0 Å². The maximum Gasteiger partial charge on any atom is 0.433 e. The summed E-state index contributed by atoms with van der Waals surface area (Å²) in [7, 11) is 0. The van der Waals surface area contributed by atoms with Gasteiger partial charge in [-0.2, -0.15) is 12.6 Å². The van der Waals surface area contributed by atoms with E-state index in [-0.39, 0.29) is 11.6 Å². The molecule has 1 atom stereocenters. The van der Waals surface area contributed by atoms with Crippen LogP contribution in [0.15, 0.2) is 16.5 Å². The molecule has 10 heteroatoms. The van der Waals surface area contributed by atoms with Crippen LogP contribution in [0.2, 0.25) is 0 Å². The van der Waals surface area contributed by atoms with E-state index in [2.05, 4.69) is 22.8 Å². The lowest BCUT2D eigenvalue weighted by atomic mass is 10.4. The van der Waals surface area contributed by atoms with Gasteiger partial charge in [0.2, 0.25) is 0 Å². The molecule has 0 spiro atoms. The van der Waals surface area contributed by atoms with Crippen molar-refractivity contribution >= 4 is 35.8 Å². The van der Waals surface area contributed by atoms with Gasteiger partial charge in [0, 0.05) is 0 Å². The van der Waals surface area contributed by atoms with Crippen molar-refractivity contribution in [3.8, 4) is 10.8 Å². The number of carbonyl (C=O) groups is 1. The normalized spacial score (nSPS) is 12.1. The van der Waals surface area contributed by atoms with Gasteiger partial charge in [-0.15, -0.1) is 10.2 Å². The highest BCUT2D eigenvalue weighted by Crippen LogP contribution is 2.32. The molecule has 0 aliphatic heterocycles. The molecular weight excluding hydrogens is 318 g/mol. The Balaban J connectivity index is 2.13. The van der Waals surface area contributed by atoms with Crippen LogP contribution in [0.1, 0.15) is 23.6 Å². The largest absolute Gasteiger partial charge is 0.465 e. The Morgan fingerprint density at radius 2 is 2.33 bits per heavy atom. The number of hydrogen-bond donors (Lipinski definition) is 1. The van der Waals surface area contributed by atoms with Gasteiger partial charge in [0.15, 0.2) is 16.0 Å². The molecule has 0 radical (unpaired) electrons. The van der Waals surface area contributed by atoms with Crippen molar-refractivity contribution in [2.45, 2.75) is 18.6 Å². The molecule has 2 heterocycles. The smallest absolute Gasteiger partial charge is 0.433 e. The van der Waals surface area contributed by atoms with Crippen LogP contribution in [-0.4, -0.2) is 27.7 Å². The van der Waals surface area contributed by atoms with E-state index < -0.39 is 16.1 Å². The van der Waals surface area contributed by atoms with Gasteiger partial charge in [-0.3, -0.25) is 14.9 Å². The third-order valence-electron chi connectivity index (χ3n) is 2.33. The number of thiol groups is 1. The highest BCUT2D eigenvalue weighted by Gasteiger charge is 2.24. The Morgan fingerprint density at radius 3 is 2.95 bits per heavy atom. The zero-order valence-corrected chi connectivity index (χ0v) is 12.6. The number of aromatic nitrogens is 2. The Bertz CT molecular complexity index is 654. The molecule has 112 valence electrons. The van der Waals surface area contributed by atoms with E-state index in [1.807, 2.05) is 6.92 Å². The summed E-state index contributed by atoms with van der Waals surface area (Å²) in [4.78, 5) is 21.6. The van der Waals surface area contributed by atoms with E-state index >= 15 is 0 Å². The van der Waals surface area contributed by atoms with Crippen molar-refractivity contribution in [1.82, 2.24) is 10.2 Å². The molecule has 0 N–H and O–H groups in total. The number of hydrogen-bond acceptors (Lipinski definition) is 9. The minimum atomic E-state index is -0.840. The third kappa shape index (κ3) is 3.58. The zero-order chi connectivity index (χ0) is 15.4. The molecule has 0 bridgehead atoms. The van der Waals surface area contributed by atoms with Gasteiger partial charge in [-0.05, 0) is 12.5 Å². The van der Waals surface area contributed by atoms with E-state index in [1.165, 1.54) is 12.1 Å². The molecule has 0 saturated heterocycles. The standard InChI is InChI=1S/C11H11N3O5S2/c1-2-5-18-11(15)8(20)10-13-12-9(21-10)6-3-4-7(19-6)14(16)17/h3-4,8,20H,2,5H2,1H3. The summed E-state index contributed by atoms with van der Waals surface area (Å²) < 4.78 is 9.99. The molecule has 0 saturated carbocycles. The lowest BCUT2D eigenvalue weighted by molar-refractivity contribution is -0.401. The summed E-state index contributed by atoms with van der Waals surface area (Å²) in [5, 5.41) is 18.1. The van der Waals surface area contributed by atoms with Crippen molar-refractivity contribution in [2.24, 2.45) is 0 Å². The average Bonchev–Trinajstić information content (AvgIpc) is 3.11. The minimum absolute atomic E-state index is 0.216. The van der Waals surface area contributed by atoms with Gasteiger partial charge < -0.3 is 9.15 Å². The number of rotatable bonds is 6. The number of ether oxygens (including phenoxy) is 1. The Kier molecular flexibility index (Phi) is 4.91. The molecule has 21 heavy (non-hydrogen) atoms. The van der Waals surface area contributed by atoms with Crippen molar-refractivity contribution < 1.29 is 18.9 Å². The summed E-state index contributed by atoms with van der Waals surface area (Å²) in [5.41, 5.74) is 0. The summed E-state index contributed by atoms with van der Waals surface area (Å²) in [6.45, 7) is 2.19. The first-order chi connectivity index (χ1) is 10.0. The number of nitrogens with zero attached hydrogens (tertiary/aromatic N) is 3. The van der Waals surface area contributed by atoms with E-state index in [0.717, 1.165) is 11.3 Å². The first kappa shape index (κ1) is 15.4. The molecule has 0 aliphatic carbocycles. The van der Waals surface area contributed by atoms with Crippen LogP contribution in [0.25, 0.3) is 10.8 Å². The second-order valence-electron chi connectivity index (χ2n) is 3.91. The van der Waals surface area contributed by atoms with Crippen LogP contribution < -0.4 is 0 Å². The molecule has 2 aromatic heterocycles. The Labute approximate surface area is 128 Å². The van der Waals surface area contributed by atoms with E-state index in [9.17, 15) is 14.9 Å². The summed E-state index contributed by atoms with van der Waals surface area (Å²) in [6.07, 6.45) is 0.712. The molecule has 0 amide bonds. The third-order valence-corrected chi connectivity index (χ3v) is 3.96. The van der Waals surface area contributed by atoms with Gasteiger partial charge in [0.1, 0.15) is 9.93 Å². The molecule has 1 unspecified atom stereocenters. The highest BCUT2D eigenvalue weighted by molar-refractivity contribution is 7.81. The van der Waals surface area contributed by atoms with Crippen LogP contribution in [0.5, 0.6) is 0 Å². The fourth-order valence-corrected chi connectivity index (χ4v) is 2.43. The van der Waals surface area contributed by atoms with E-state index in [4.69, 9.17) is 9.15 Å². The second-order valence-corrected chi connectivity index (χ2v) is 5.44. The number of esters is 1. The summed E-state index contributed by atoms with van der Waals surface area (Å²) in [5.74, 6) is -0.673. The molecule has 8 nitrogen and oxygen atoms in total. The number of carbonyl (C=O) groups excluding carboxylic acids is 1. The van der Waals surface area contributed by atoms with Crippen molar-refractivity contribution in [3.05, 3.63) is 27.3 Å². The van der Waals surface area contributed by atoms with Crippen molar-refractivity contribution in [3.63, 3.8) is 0 Å². The fourth-order valence-electron chi connectivity index (χ4n) is 1.37. The van der Waals surface area contributed by atoms with Crippen LogP contribution in [0.4, 0.5) is 5.88 Å². The van der Waals surface area contributed by atoms with Crippen LogP contribution in [-0.2, 0) is 9.53 Å². The van der Waals surface area contributed by atoms with Gasteiger partial charge >= 0.3 is 11.9 Å². The molecule has 2 aromatic rings. The lowest BCUT2D eigenvalue weighted by Gasteiger charge is -2.06. The maximum atomic E-state index is 11.7. The SMILES string of the molecule is CCCOC(=O)C(S)c1nnc(-c2ccc([N+](=O)[O-])o2)s1. The van der Waals surface area contributed by atoms with Gasteiger partial charge in [-0.1, -0.05) is 18.3 Å².